The molecule has 1 aliphatic carbocycles. The molecule has 4 nitrogen and oxygen atoms in total. The normalized spacial score (nSPS) is 26.0. The van der Waals surface area contributed by atoms with E-state index in [4.69, 9.17) is 4.74 Å². The van der Waals surface area contributed by atoms with Gasteiger partial charge in [-0.1, -0.05) is 30.6 Å². The van der Waals surface area contributed by atoms with Gasteiger partial charge in [-0.2, -0.15) is 0 Å². The second-order valence-electron chi connectivity index (χ2n) is 5.83. The van der Waals surface area contributed by atoms with Gasteiger partial charge >= 0.3 is 4.87 Å². The fourth-order valence-corrected chi connectivity index (χ4v) is 3.95. The summed E-state index contributed by atoms with van der Waals surface area (Å²) in [6.07, 6.45) is 9.29. The van der Waals surface area contributed by atoms with E-state index in [0.717, 1.165) is 18.8 Å². The Balaban J connectivity index is 1.43. The molecule has 5 heteroatoms. The van der Waals surface area contributed by atoms with Crippen LogP contribution in [0.25, 0.3) is 0 Å². The zero-order chi connectivity index (χ0) is 13.1. The summed E-state index contributed by atoms with van der Waals surface area (Å²) in [5.74, 6) is 0. The highest BCUT2D eigenvalue weighted by Gasteiger charge is 2.40. The number of ether oxygens (including phenoxy) is 1. The van der Waals surface area contributed by atoms with Gasteiger partial charge in [0.2, 0.25) is 0 Å². The molecular weight excluding hydrogens is 260 g/mol. The lowest BCUT2D eigenvalue weighted by Crippen LogP contribution is -2.34. The van der Waals surface area contributed by atoms with Crippen molar-refractivity contribution in [2.24, 2.45) is 0 Å². The van der Waals surface area contributed by atoms with E-state index in [2.05, 4.69) is 10.3 Å². The first-order chi connectivity index (χ1) is 9.26. The van der Waals surface area contributed by atoms with Crippen LogP contribution in [0.4, 0.5) is 0 Å². The van der Waals surface area contributed by atoms with E-state index < -0.39 is 0 Å². The Morgan fingerprint density at radius 2 is 2.21 bits per heavy atom. The summed E-state index contributed by atoms with van der Waals surface area (Å²) in [6.45, 7) is 1.62. The molecule has 2 fully saturated rings. The van der Waals surface area contributed by atoms with Crippen LogP contribution in [0.15, 0.2) is 10.2 Å². The molecule has 1 saturated carbocycles. The van der Waals surface area contributed by atoms with Gasteiger partial charge in [-0.05, 0) is 25.7 Å². The van der Waals surface area contributed by atoms with Crippen LogP contribution in [-0.4, -0.2) is 23.2 Å². The molecule has 2 N–H and O–H groups in total. The van der Waals surface area contributed by atoms with E-state index in [1.54, 1.807) is 0 Å². The highest BCUT2D eigenvalue weighted by Crippen LogP contribution is 2.41. The SMILES string of the molecule is O=c1[nH]c(CNCC2CCC3(CCCCC3)O2)cs1. The summed E-state index contributed by atoms with van der Waals surface area (Å²) in [7, 11) is 0. The van der Waals surface area contributed by atoms with Crippen LogP contribution in [0.5, 0.6) is 0 Å². The molecule has 1 spiro atoms. The molecule has 3 rings (SSSR count). The van der Waals surface area contributed by atoms with E-state index in [9.17, 15) is 4.79 Å². The molecule has 0 amide bonds. The predicted molar refractivity (Wildman–Crippen MR) is 76.6 cm³/mol. The first-order valence-electron chi connectivity index (χ1n) is 7.31. The van der Waals surface area contributed by atoms with Crippen LogP contribution in [-0.2, 0) is 11.3 Å². The lowest BCUT2D eigenvalue weighted by molar-refractivity contribution is -0.0624. The van der Waals surface area contributed by atoms with Gasteiger partial charge < -0.3 is 15.0 Å². The molecule has 106 valence electrons. The van der Waals surface area contributed by atoms with Crippen LogP contribution in [0.3, 0.4) is 0 Å². The number of hydrogen-bond donors (Lipinski definition) is 2. The fourth-order valence-electron chi connectivity index (χ4n) is 3.37. The number of nitrogens with one attached hydrogen (secondary N) is 2. The third-order valence-corrected chi connectivity index (χ3v) is 5.08. The highest BCUT2D eigenvalue weighted by molar-refractivity contribution is 7.07. The Kier molecular flexibility index (Phi) is 4.05. The van der Waals surface area contributed by atoms with Crippen molar-refractivity contribution < 1.29 is 4.74 Å². The maximum atomic E-state index is 11.0. The van der Waals surface area contributed by atoms with Gasteiger partial charge in [0.15, 0.2) is 0 Å². The van der Waals surface area contributed by atoms with Crippen molar-refractivity contribution in [1.29, 1.82) is 0 Å². The van der Waals surface area contributed by atoms with Crippen LogP contribution in [0.1, 0.15) is 50.6 Å². The van der Waals surface area contributed by atoms with E-state index in [1.165, 1.54) is 56.3 Å². The minimum absolute atomic E-state index is 0.0232. The Labute approximate surface area is 117 Å². The van der Waals surface area contributed by atoms with Crippen LogP contribution < -0.4 is 10.2 Å². The molecule has 1 aliphatic heterocycles. The lowest BCUT2D eigenvalue weighted by Gasteiger charge is -2.33. The quantitative estimate of drug-likeness (QED) is 0.891. The first-order valence-corrected chi connectivity index (χ1v) is 8.19. The largest absolute Gasteiger partial charge is 0.370 e. The average Bonchev–Trinajstić information content (AvgIpc) is 2.99. The summed E-state index contributed by atoms with van der Waals surface area (Å²) in [5.41, 5.74) is 1.18. The van der Waals surface area contributed by atoms with Gasteiger partial charge in [0, 0.05) is 24.2 Å². The maximum Gasteiger partial charge on any atom is 0.304 e. The maximum absolute atomic E-state index is 11.0. The molecule has 2 heterocycles. The second-order valence-corrected chi connectivity index (χ2v) is 6.67. The van der Waals surface area contributed by atoms with Gasteiger partial charge in [0.05, 0.1) is 11.7 Å². The standard InChI is InChI=1S/C14H22N2O2S/c17-13-16-11(10-19-13)8-15-9-12-4-7-14(18-12)5-2-1-3-6-14/h10,12,15H,1-9H2,(H,16,17). The highest BCUT2D eigenvalue weighted by atomic mass is 32.1. The fraction of sp³-hybridized carbons (Fsp3) is 0.786. The summed E-state index contributed by atoms with van der Waals surface area (Å²) < 4.78 is 6.30. The van der Waals surface area contributed by atoms with Crippen molar-refractivity contribution in [3.05, 3.63) is 20.7 Å². The number of thiazole rings is 1. The van der Waals surface area contributed by atoms with Gasteiger partial charge in [0.25, 0.3) is 0 Å². The zero-order valence-electron chi connectivity index (χ0n) is 11.2. The summed E-state index contributed by atoms with van der Waals surface area (Å²) in [6, 6.07) is 0. The third-order valence-electron chi connectivity index (χ3n) is 4.36. The van der Waals surface area contributed by atoms with E-state index in [1.807, 2.05) is 5.38 Å². The van der Waals surface area contributed by atoms with E-state index in [0.29, 0.717) is 6.10 Å². The molecule has 1 aromatic heterocycles. The first kappa shape index (κ1) is 13.3. The van der Waals surface area contributed by atoms with Crippen molar-refractivity contribution >= 4 is 11.3 Å². The molecule has 1 aromatic rings. The summed E-state index contributed by atoms with van der Waals surface area (Å²) >= 11 is 1.22. The van der Waals surface area contributed by atoms with Crippen molar-refractivity contribution in [3.8, 4) is 0 Å². The van der Waals surface area contributed by atoms with Crippen LogP contribution in [0.2, 0.25) is 0 Å². The second kappa shape index (κ2) is 5.77. The van der Waals surface area contributed by atoms with Gasteiger partial charge in [0.1, 0.15) is 0 Å². The molecule has 1 saturated heterocycles. The molecule has 0 radical (unpaired) electrons. The molecule has 0 bridgehead atoms. The lowest BCUT2D eigenvalue weighted by atomic mass is 9.83. The predicted octanol–water partition coefficient (Wildman–Crippen LogP) is 2.41. The number of rotatable bonds is 4. The third kappa shape index (κ3) is 3.27. The number of hydrogen-bond acceptors (Lipinski definition) is 4. The molecular formula is C14H22N2O2S. The van der Waals surface area contributed by atoms with Crippen molar-refractivity contribution in [3.63, 3.8) is 0 Å². The molecule has 0 aromatic carbocycles. The Morgan fingerprint density at radius 3 is 2.95 bits per heavy atom. The minimum Gasteiger partial charge on any atom is -0.370 e. The molecule has 1 unspecified atom stereocenters. The molecule has 2 aliphatic rings. The van der Waals surface area contributed by atoms with Gasteiger partial charge in [-0.25, -0.2) is 0 Å². The topological polar surface area (TPSA) is 54.1 Å². The number of aromatic nitrogens is 1. The van der Waals surface area contributed by atoms with Crippen molar-refractivity contribution in [2.75, 3.05) is 6.54 Å². The Hall–Kier alpha value is -0.650. The van der Waals surface area contributed by atoms with Crippen LogP contribution in [0, 0.1) is 0 Å². The van der Waals surface area contributed by atoms with Crippen molar-refractivity contribution in [2.45, 2.75) is 63.2 Å². The molecule has 1 atom stereocenters. The zero-order valence-corrected chi connectivity index (χ0v) is 12.1. The van der Waals surface area contributed by atoms with E-state index >= 15 is 0 Å². The van der Waals surface area contributed by atoms with Gasteiger partial charge in [-0.3, -0.25) is 4.79 Å². The minimum atomic E-state index is 0.0232. The molecule has 19 heavy (non-hydrogen) atoms. The average molecular weight is 282 g/mol. The van der Waals surface area contributed by atoms with Gasteiger partial charge in [-0.15, -0.1) is 0 Å². The summed E-state index contributed by atoms with van der Waals surface area (Å²) in [4.78, 5) is 13.9. The smallest absolute Gasteiger partial charge is 0.304 e. The van der Waals surface area contributed by atoms with Crippen LogP contribution >= 0.6 is 11.3 Å². The monoisotopic (exact) mass is 282 g/mol. The van der Waals surface area contributed by atoms with E-state index in [-0.39, 0.29) is 10.5 Å². The Bertz CT molecular complexity index is 462. The Morgan fingerprint density at radius 1 is 1.37 bits per heavy atom. The number of aromatic amines is 1. The number of H-pyrrole nitrogens is 1. The summed E-state index contributed by atoms with van der Waals surface area (Å²) in [5, 5.41) is 5.27. The van der Waals surface area contributed by atoms with Crippen molar-refractivity contribution in [1.82, 2.24) is 10.3 Å².